The monoisotopic (exact) mass is 525 g/mol. The predicted octanol–water partition coefficient (Wildman–Crippen LogP) is 5.28. The molecule has 0 saturated carbocycles. The van der Waals surface area contributed by atoms with Crippen LogP contribution in [0, 0.1) is 11.8 Å². The highest BCUT2D eigenvalue weighted by Crippen LogP contribution is 2.32. The molecule has 202 valence electrons. The van der Waals surface area contributed by atoms with Gasteiger partial charge in [0.1, 0.15) is 18.0 Å². The minimum atomic E-state index is -4.47. The second-order valence-corrected chi connectivity index (χ2v) is 8.80. The Morgan fingerprint density at radius 3 is 2.14 bits per heavy atom. The summed E-state index contributed by atoms with van der Waals surface area (Å²) in [4.78, 5) is 41.2. The highest BCUT2D eigenvalue weighted by atomic mass is 19.4. The zero-order valence-corrected chi connectivity index (χ0v) is 21.4. The Balaban J connectivity index is 2.09. The summed E-state index contributed by atoms with van der Waals surface area (Å²) in [6.07, 6.45) is -4.88. The van der Waals surface area contributed by atoms with Crippen molar-refractivity contribution in [1.29, 1.82) is 0 Å². The Morgan fingerprint density at radius 2 is 1.62 bits per heavy atom. The SMILES string of the molecule is COc1ccnc(C(=O)C[C@@H](C)C(=O)O[C@H](C(C)C)[C@H](C)Oc2ccc(C(F)(F)F)cc2)c1OC(C)=O. The van der Waals surface area contributed by atoms with Gasteiger partial charge in [0.15, 0.2) is 17.2 Å². The van der Waals surface area contributed by atoms with Crippen molar-refractivity contribution in [2.45, 2.75) is 59.4 Å². The Morgan fingerprint density at radius 1 is 1.00 bits per heavy atom. The highest BCUT2D eigenvalue weighted by molar-refractivity contribution is 5.99. The summed E-state index contributed by atoms with van der Waals surface area (Å²) in [5.74, 6) is -2.81. The number of hydrogen-bond acceptors (Lipinski definition) is 8. The van der Waals surface area contributed by atoms with E-state index in [0.717, 1.165) is 12.1 Å². The van der Waals surface area contributed by atoms with Crippen molar-refractivity contribution in [3.63, 3.8) is 0 Å². The molecule has 0 aliphatic heterocycles. The quantitative estimate of drug-likeness (QED) is 0.289. The largest absolute Gasteiger partial charge is 0.493 e. The molecule has 37 heavy (non-hydrogen) atoms. The van der Waals surface area contributed by atoms with Crippen LogP contribution in [0.1, 0.15) is 57.1 Å². The van der Waals surface area contributed by atoms with Crippen LogP contribution in [0.4, 0.5) is 13.2 Å². The third-order valence-electron chi connectivity index (χ3n) is 5.37. The lowest BCUT2D eigenvalue weighted by atomic mass is 10.00. The van der Waals surface area contributed by atoms with Crippen molar-refractivity contribution in [1.82, 2.24) is 4.98 Å². The molecule has 11 heteroatoms. The van der Waals surface area contributed by atoms with Crippen LogP contribution in [0.15, 0.2) is 36.5 Å². The number of ketones is 1. The van der Waals surface area contributed by atoms with Gasteiger partial charge in [-0.15, -0.1) is 0 Å². The van der Waals surface area contributed by atoms with Crippen molar-refractivity contribution < 1.29 is 46.5 Å². The van der Waals surface area contributed by atoms with Gasteiger partial charge in [0.2, 0.25) is 5.75 Å². The number of rotatable bonds is 11. The fraction of sp³-hybridized carbons (Fsp3) is 0.462. The van der Waals surface area contributed by atoms with Crippen LogP contribution in [0.5, 0.6) is 17.2 Å². The molecule has 3 atom stereocenters. The lowest BCUT2D eigenvalue weighted by Crippen LogP contribution is -2.39. The van der Waals surface area contributed by atoms with Crippen LogP contribution >= 0.6 is 0 Å². The molecule has 1 heterocycles. The van der Waals surface area contributed by atoms with Gasteiger partial charge in [0.25, 0.3) is 0 Å². The Hall–Kier alpha value is -3.63. The molecule has 0 radical (unpaired) electrons. The molecule has 0 aliphatic rings. The van der Waals surface area contributed by atoms with E-state index in [2.05, 4.69) is 4.98 Å². The van der Waals surface area contributed by atoms with E-state index in [1.165, 1.54) is 45.4 Å². The average Bonchev–Trinajstić information content (AvgIpc) is 2.81. The standard InChI is InChI=1S/C26H30F3NO7/c1-14(2)23(16(4)35-19-9-7-18(8-10-19)26(27,28)29)37-25(33)15(3)13-20(32)22-24(36-17(5)31)21(34-6)11-12-30-22/h7-12,14-16,23H,13H2,1-6H3/t15-,16+,23-/m1/s1. The lowest BCUT2D eigenvalue weighted by molar-refractivity contribution is -0.161. The fourth-order valence-corrected chi connectivity index (χ4v) is 3.52. The van der Waals surface area contributed by atoms with Crippen molar-refractivity contribution in [3.8, 4) is 17.2 Å². The van der Waals surface area contributed by atoms with Crippen LogP contribution < -0.4 is 14.2 Å². The van der Waals surface area contributed by atoms with Gasteiger partial charge in [-0.05, 0) is 37.1 Å². The molecule has 0 N–H and O–H groups in total. The zero-order valence-electron chi connectivity index (χ0n) is 21.4. The highest BCUT2D eigenvalue weighted by Gasteiger charge is 2.32. The first kappa shape index (κ1) is 29.6. The molecule has 0 unspecified atom stereocenters. The van der Waals surface area contributed by atoms with E-state index in [-0.39, 0.29) is 35.3 Å². The predicted molar refractivity (Wildman–Crippen MR) is 126 cm³/mol. The number of pyridine rings is 1. The maximum absolute atomic E-state index is 12.9. The van der Waals surface area contributed by atoms with Crippen LogP contribution in [0.2, 0.25) is 0 Å². The lowest BCUT2D eigenvalue weighted by Gasteiger charge is -2.29. The van der Waals surface area contributed by atoms with E-state index in [1.807, 2.05) is 0 Å². The second kappa shape index (κ2) is 12.6. The summed E-state index contributed by atoms with van der Waals surface area (Å²) >= 11 is 0. The molecular weight excluding hydrogens is 495 g/mol. The van der Waals surface area contributed by atoms with Gasteiger partial charge < -0.3 is 18.9 Å². The smallest absolute Gasteiger partial charge is 0.416 e. The van der Waals surface area contributed by atoms with E-state index in [9.17, 15) is 27.6 Å². The van der Waals surface area contributed by atoms with Crippen molar-refractivity contribution in [3.05, 3.63) is 47.8 Å². The topological polar surface area (TPSA) is 101 Å². The Labute approximate surface area is 213 Å². The van der Waals surface area contributed by atoms with Crippen molar-refractivity contribution >= 4 is 17.7 Å². The summed E-state index contributed by atoms with van der Waals surface area (Å²) in [6, 6.07) is 5.63. The zero-order chi connectivity index (χ0) is 27.9. The first-order valence-electron chi connectivity index (χ1n) is 11.5. The van der Waals surface area contributed by atoms with Crippen molar-refractivity contribution in [2.75, 3.05) is 7.11 Å². The maximum Gasteiger partial charge on any atom is 0.416 e. The number of benzene rings is 1. The summed E-state index contributed by atoms with van der Waals surface area (Å²) in [5.41, 5.74) is -0.964. The number of Topliss-reactive ketones (excluding diaryl/α,β-unsaturated/α-hetero) is 1. The van der Waals surface area contributed by atoms with E-state index < -0.39 is 47.6 Å². The van der Waals surface area contributed by atoms with E-state index in [1.54, 1.807) is 20.8 Å². The molecule has 0 fully saturated rings. The minimum Gasteiger partial charge on any atom is -0.493 e. The van der Waals surface area contributed by atoms with Crippen LogP contribution in [0.3, 0.4) is 0 Å². The molecule has 2 aromatic rings. The summed E-state index contributed by atoms with van der Waals surface area (Å²) in [6.45, 7) is 7.90. The number of aromatic nitrogens is 1. The maximum atomic E-state index is 12.9. The number of hydrogen-bond donors (Lipinski definition) is 0. The molecule has 1 aromatic heterocycles. The number of carbonyl (C=O) groups is 3. The van der Waals surface area contributed by atoms with E-state index in [4.69, 9.17) is 18.9 Å². The number of carbonyl (C=O) groups excluding carboxylic acids is 3. The normalized spacial score (nSPS) is 13.9. The van der Waals surface area contributed by atoms with Gasteiger partial charge in [-0.25, -0.2) is 4.98 Å². The summed E-state index contributed by atoms with van der Waals surface area (Å²) in [5, 5.41) is 0. The average molecular weight is 526 g/mol. The molecule has 0 aliphatic carbocycles. The third-order valence-corrected chi connectivity index (χ3v) is 5.37. The molecule has 0 bridgehead atoms. The number of halogens is 3. The number of methoxy groups -OCH3 is 1. The van der Waals surface area contributed by atoms with Gasteiger partial charge in [-0.3, -0.25) is 14.4 Å². The van der Waals surface area contributed by atoms with Gasteiger partial charge >= 0.3 is 18.1 Å². The molecular formula is C26H30F3NO7. The molecule has 0 amide bonds. The summed E-state index contributed by atoms with van der Waals surface area (Å²) < 4.78 is 60.0. The number of alkyl halides is 3. The number of ether oxygens (including phenoxy) is 4. The first-order valence-corrected chi connectivity index (χ1v) is 11.5. The van der Waals surface area contributed by atoms with E-state index in [0.29, 0.717) is 0 Å². The first-order chi connectivity index (χ1) is 17.2. The Kier molecular flexibility index (Phi) is 10.0. The molecule has 2 rings (SSSR count). The second-order valence-electron chi connectivity index (χ2n) is 8.80. The fourth-order valence-electron chi connectivity index (χ4n) is 3.52. The molecule has 8 nitrogen and oxygen atoms in total. The van der Waals surface area contributed by atoms with Gasteiger partial charge in [-0.1, -0.05) is 20.8 Å². The number of nitrogens with zero attached hydrogens (tertiary/aromatic N) is 1. The molecule has 0 saturated heterocycles. The van der Waals surface area contributed by atoms with Gasteiger partial charge in [-0.2, -0.15) is 13.2 Å². The minimum absolute atomic E-state index is 0.137. The van der Waals surface area contributed by atoms with E-state index >= 15 is 0 Å². The summed E-state index contributed by atoms with van der Waals surface area (Å²) in [7, 11) is 1.34. The third kappa shape index (κ3) is 8.19. The van der Waals surface area contributed by atoms with Crippen LogP contribution in [-0.4, -0.2) is 42.0 Å². The van der Waals surface area contributed by atoms with Crippen LogP contribution in [0.25, 0.3) is 0 Å². The van der Waals surface area contributed by atoms with Gasteiger partial charge in [0.05, 0.1) is 18.6 Å². The molecule has 1 aromatic carbocycles. The van der Waals surface area contributed by atoms with Crippen LogP contribution in [-0.2, 0) is 20.5 Å². The van der Waals surface area contributed by atoms with Gasteiger partial charge in [0, 0.05) is 25.6 Å². The van der Waals surface area contributed by atoms with Crippen molar-refractivity contribution in [2.24, 2.45) is 11.8 Å². The number of esters is 2. The molecule has 0 spiro atoms. The Bertz CT molecular complexity index is 1100.